The van der Waals surface area contributed by atoms with Gasteiger partial charge in [-0.05, 0) is 25.8 Å². The van der Waals surface area contributed by atoms with Gasteiger partial charge >= 0.3 is 0 Å². The van der Waals surface area contributed by atoms with Crippen LogP contribution in [0.25, 0.3) is 0 Å². The molecule has 2 heterocycles. The van der Waals surface area contributed by atoms with E-state index < -0.39 is 0 Å². The first-order valence-electron chi connectivity index (χ1n) is 5.68. The van der Waals surface area contributed by atoms with Crippen molar-refractivity contribution < 1.29 is 4.74 Å². The molecule has 0 radical (unpaired) electrons. The largest absolute Gasteiger partial charge is 0.477 e. The molecule has 5 heteroatoms. The summed E-state index contributed by atoms with van der Waals surface area (Å²) in [5.41, 5.74) is 0. The minimum absolute atomic E-state index is 0.417. The van der Waals surface area contributed by atoms with Crippen molar-refractivity contribution in [2.24, 2.45) is 0 Å². The maximum absolute atomic E-state index is 5.73. The van der Waals surface area contributed by atoms with Crippen LogP contribution >= 0.6 is 11.6 Å². The Morgan fingerprint density at radius 3 is 3.12 bits per heavy atom. The fraction of sp³-hybridized carbons (Fsp3) is 0.636. The lowest BCUT2D eigenvalue weighted by molar-refractivity contribution is 0.260. The Kier molecular flexibility index (Phi) is 4.36. The van der Waals surface area contributed by atoms with E-state index in [2.05, 4.69) is 15.3 Å². The summed E-state index contributed by atoms with van der Waals surface area (Å²) in [5.74, 6) is 0.552. The monoisotopic (exact) mass is 241 g/mol. The molecule has 1 fully saturated rings. The Bertz CT molecular complexity index is 329. The van der Waals surface area contributed by atoms with Gasteiger partial charge in [-0.2, -0.15) is 0 Å². The molecule has 1 atom stereocenters. The average Bonchev–Trinajstić information content (AvgIpc) is 2.30. The van der Waals surface area contributed by atoms with Gasteiger partial charge in [-0.25, -0.2) is 9.97 Å². The van der Waals surface area contributed by atoms with Crippen molar-refractivity contribution in [3.05, 3.63) is 17.5 Å². The van der Waals surface area contributed by atoms with Crippen LogP contribution in [0.1, 0.15) is 25.7 Å². The highest BCUT2D eigenvalue weighted by atomic mass is 35.5. The van der Waals surface area contributed by atoms with Crippen LogP contribution in [0.2, 0.25) is 5.15 Å². The fourth-order valence-corrected chi connectivity index (χ4v) is 2.01. The Labute approximate surface area is 100 Å². The SMILES string of the molecule is Clc1cc(OCC[C@@H]2CCCCN2)ncn1. The number of rotatable bonds is 4. The van der Waals surface area contributed by atoms with E-state index in [-0.39, 0.29) is 0 Å². The molecule has 1 aliphatic rings. The van der Waals surface area contributed by atoms with Crippen molar-refractivity contribution in [1.29, 1.82) is 0 Å². The normalized spacial score (nSPS) is 20.7. The van der Waals surface area contributed by atoms with Crippen LogP contribution < -0.4 is 10.1 Å². The van der Waals surface area contributed by atoms with Gasteiger partial charge in [0.2, 0.25) is 5.88 Å². The lowest BCUT2D eigenvalue weighted by Gasteiger charge is -2.23. The smallest absolute Gasteiger partial charge is 0.217 e. The van der Waals surface area contributed by atoms with E-state index in [9.17, 15) is 0 Å². The zero-order chi connectivity index (χ0) is 11.2. The van der Waals surface area contributed by atoms with Crippen molar-refractivity contribution in [2.75, 3.05) is 13.2 Å². The molecule has 1 N–H and O–H groups in total. The molecule has 1 aliphatic heterocycles. The number of piperidine rings is 1. The molecular weight excluding hydrogens is 226 g/mol. The minimum Gasteiger partial charge on any atom is -0.477 e. The maximum Gasteiger partial charge on any atom is 0.217 e. The topological polar surface area (TPSA) is 47.0 Å². The summed E-state index contributed by atoms with van der Waals surface area (Å²) in [6.07, 6.45) is 6.28. The lowest BCUT2D eigenvalue weighted by Crippen LogP contribution is -2.35. The predicted molar refractivity (Wildman–Crippen MR) is 62.8 cm³/mol. The summed E-state index contributed by atoms with van der Waals surface area (Å²) in [6.45, 7) is 1.80. The Morgan fingerprint density at radius 1 is 1.44 bits per heavy atom. The van der Waals surface area contributed by atoms with E-state index in [1.54, 1.807) is 6.07 Å². The number of hydrogen-bond donors (Lipinski definition) is 1. The number of hydrogen-bond acceptors (Lipinski definition) is 4. The Morgan fingerprint density at radius 2 is 2.38 bits per heavy atom. The summed E-state index contributed by atoms with van der Waals surface area (Å²) in [5, 5.41) is 3.90. The number of nitrogens with zero attached hydrogens (tertiary/aromatic N) is 2. The molecule has 0 spiro atoms. The molecule has 0 saturated carbocycles. The summed E-state index contributed by atoms with van der Waals surface area (Å²) in [6, 6.07) is 2.22. The summed E-state index contributed by atoms with van der Waals surface area (Å²) < 4.78 is 5.51. The zero-order valence-corrected chi connectivity index (χ0v) is 9.91. The second-order valence-corrected chi connectivity index (χ2v) is 4.35. The molecule has 2 rings (SSSR count). The van der Waals surface area contributed by atoms with Gasteiger partial charge in [0, 0.05) is 12.1 Å². The second kappa shape index (κ2) is 6.01. The van der Waals surface area contributed by atoms with Crippen molar-refractivity contribution in [3.63, 3.8) is 0 Å². The molecule has 1 aromatic heterocycles. The van der Waals surface area contributed by atoms with E-state index in [4.69, 9.17) is 16.3 Å². The van der Waals surface area contributed by atoms with Crippen LogP contribution in [0.4, 0.5) is 0 Å². The van der Waals surface area contributed by atoms with E-state index in [1.807, 2.05) is 0 Å². The molecule has 1 aromatic rings. The highest BCUT2D eigenvalue weighted by molar-refractivity contribution is 6.29. The number of halogens is 1. The summed E-state index contributed by atoms with van der Waals surface area (Å²) >= 11 is 5.73. The predicted octanol–water partition coefficient (Wildman–Crippen LogP) is 2.04. The molecule has 4 nitrogen and oxygen atoms in total. The van der Waals surface area contributed by atoms with Gasteiger partial charge in [-0.15, -0.1) is 0 Å². The summed E-state index contributed by atoms with van der Waals surface area (Å²) in [7, 11) is 0. The Hall–Kier alpha value is -0.870. The summed E-state index contributed by atoms with van der Waals surface area (Å²) in [4.78, 5) is 7.78. The van der Waals surface area contributed by atoms with Crippen LogP contribution in [0, 0.1) is 0 Å². The minimum atomic E-state index is 0.417. The third kappa shape index (κ3) is 3.61. The quantitative estimate of drug-likeness (QED) is 0.820. The molecule has 0 bridgehead atoms. The first-order chi connectivity index (χ1) is 7.84. The molecule has 0 aromatic carbocycles. The third-order valence-corrected chi connectivity index (χ3v) is 2.94. The number of aromatic nitrogens is 2. The molecule has 0 amide bonds. The number of nitrogens with one attached hydrogen (secondary N) is 1. The van der Waals surface area contributed by atoms with Gasteiger partial charge in [0.25, 0.3) is 0 Å². The van der Waals surface area contributed by atoms with Crippen molar-refractivity contribution in [2.45, 2.75) is 31.7 Å². The molecule has 88 valence electrons. The van der Waals surface area contributed by atoms with Gasteiger partial charge in [0.05, 0.1) is 6.61 Å². The van der Waals surface area contributed by atoms with Crippen molar-refractivity contribution in [1.82, 2.24) is 15.3 Å². The Balaban J connectivity index is 1.71. The van der Waals surface area contributed by atoms with Crippen LogP contribution in [0.5, 0.6) is 5.88 Å². The molecule has 0 aliphatic carbocycles. The second-order valence-electron chi connectivity index (χ2n) is 3.96. The van der Waals surface area contributed by atoms with E-state index in [0.717, 1.165) is 13.0 Å². The molecule has 0 unspecified atom stereocenters. The van der Waals surface area contributed by atoms with Gasteiger partial charge in [-0.1, -0.05) is 18.0 Å². The first kappa shape index (κ1) is 11.6. The van der Waals surface area contributed by atoms with E-state index in [1.165, 1.54) is 25.6 Å². The van der Waals surface area contributed by atoms with Gasteiger partial charge in [0.15, 0.2) is 0 Å². The maximum atomic E-state index is 5.73. The van der Waals surface area contributed by atoms with Crippen molar-refractivity contribution in [3.8, 4) is 5.88 Å². The standard InChI is InChI=1S/C11H16ClN3O/c12-10-7-11(15-8-14-10)16-6-4-9-3-1-2-5-13-9/h7-9,13H,1-6H2/t9-/m0/s1. The average molecular weight is 242 g/mol. The van der Waals surface area contributed by atoms with Crippen LogP contribution in [0.15, 0.2) is 12.4 Å². The van der Waals surface area contributed by atoms with Gasteiger partial charge in [-0.3, -0.25) is 0 Å². The highest BCUT2D eigenvalue weighted by Gasteiger charge is 2.12. The van der Waals surface area contributed by atoms with Crippen LogP contribution in [-0.2, 0) is 0 Å². The van der Waals surface area contributed by atoms with Crippen molar-refractivity contribution >= 4 is 11.6 Å². The highest BCUT2D eigenvalue weighted by Crippen LogP contribution is 2.13. The van der Waals surface area contributed by atoms with Gasteiger partial charge in [0.1, 0.15) is 11.5 Å². The fourth-order valence-electron chi connectivity index (χ4n) is 1.87. The lowest BCUT2D eigenvalue weighted by atomic mass is 10.0. The van der Waals surface area contributed by atoms with E-state index in [0.29, 0.717) is 23.7 Å². The molecule has 1 saturated heterocycles. The number of ether oxygens (including phenoxy) is 1. The molecule has 16 heavy (non-hydrogen) atoms. The molecular formula is C11H16ClN3O. The van der Waals surface area contributed by atoms with E-state index >= 15 is 0 Å². The zero-order valence-electron chi connectivity index (χ0n) is 9.16. The third-order valence-electron chi connectivity index (χ3n) is 2.74. The first-order valence-corrected chi connectivity index (χ1v) is 6.06. The van der Waals surface area contributed by atoms with Crippen LogP contribution in [-0.4, -0.2) is 29.2 Å². The van der Waals surface area contributed by atoms with Crippen LogP contribution in [0.3, 0.4) is 0 Å². The van der Waals surface area contributed by atoms with Gasteiger partial charge < -0.3 is 10.1 Å².